The Kier molecular flexibility index (Phi) is 4.82. The van der Waals surface area contributed by atoms with Crippen molar-refractivity contribution in [3.8, 4) is 5.75 Å². The summed E-state index contributed by atoms with van der Waals surface area (Å²) in [6.45, 7) is 4.76. The minimum absolute atomic E-state index is 0.0955. The second-order valence-electron chi connectivity index (χ2n) is 5.20. The Morgan fingerprint density at radius 2 is 1.90 bits per heavy atom. The summed E-state index contributed by atoms with van der Waals surface area (Å²) in [5.41, 5.74) is 8.50. The van der Waals surface area contributed by atoms with Crippen LogP contribution in [0.1, 0.15) is 36.5 Å². The van der Waals surface area contributed by atoms with Crippen LogP contribution in [0, 0.1) is 0 Å². The molecule has 2 rings (SSSR count). The Hall–Kier alpha value is -2.49. The molecule has 0 saturated carbocycles. The number of benzene rings is 2. The largest absolute Gasteiger partial charge is 0.489 e. The van der Waals surface area contributed by atoms with Crippen LogP contribution < -0.4 is 10.5 Å². The zero-order valence-corrected chi connectivity index (χ0v) is 12.3. The van der Waals surface area contributed by atoms with Crippen molar-refractivity contribution in [2.75, 3.05) is 0 Å². The van der Waals surface area contributed by atoms with Gasteiger partial charge >= 0.3 is 0 Å². The second-order valence-corrected chi connectivity index (χ2v) is 5.20. The molecule has 110 valence electrons. The fourth-order valence-electron chi connectivity index (χ4n) is 1.99. The second kappa shape index (κ2) is 6.79. The summed E-state index contributed by atoms with van der Waals surface area (Å²) >= 11 is 0. The Labute approximate surface area is 124 Å². The first kappa shape index (κ1) is 14.9. The highest BCUT2D eigenvalue weighted by molar-refractivity contribution is 5.97. The quantitative estimate of drug-likeness (QED) is 0.382. The van der Waals surface area contributed by atoms with Gasteiger partial charge < -0.3 is 15.7 Å². The van der Waals surface area contributed by atoms with Gasteiger partial charge in [-0.15, -0.1) is 0 Å². The van der Waals surface area contributed by atoms with Crippen molar-refractivity contribution in [2.24, 2.45) is 10.9 Å². The summed E-state index contributed by atoms with van der Waals surface area (Å²) in [6, 6.07) is 15.5. The Morgan fingerprint density at radius 3 is 2.52 bits per heavy atom. The average Bonchev–Trinajstić information content (AvgIpc) is 2.52. The molecule has 4 nitrogen and oxygen atoms in total. The zero-order chi connectivity index (χ0) is 15.2. The number of hydrogen-bond donors (Lipinski definition) is 2. The molecule has 0 aromatic heterocycles. The van der Waals surface area contributed by atoms with Crippen LogP contribution in [0.3, 0.4) is 0 Å². The van der Waals surface area contributed by atoms with Gasteiger partial charge in [0.2, 0.25) is 0 Å². The third-order valence-corrected chi connectivity index (χ3v) is 3.28. The molecule has 0 bridgehead atoms. The minimum Gasteiger partial charge on any atom is -0.489 e. The molecule has 0 aliphatic carbocycles. The summed E-state index contributed by atoms with van der Waals surface area (Å²) in [5.74, 6) is 1.43. The van der Waals surface area contributed by atoms with E-state index in [-0.39, 0.29) is 5.84 Å². The number of rotatable bonds is 5. The van der Waals surface area contributed by atoms with Crippen LogP contribution in [0.25, 0.3) is 0 Å². The first-order valence-electron chi connectivity index (χ1n) is 6.89. The van der Waals surface area contributed by atoms with Crippen molar-refractivity contribution >= 4 is 5.84 Å². The van der Waals surface area contributed by atoms with Gasteiger partial charge in [0.05, 0.1) is 0 Å². The Bertz CT molecular complexity index is 619. The van der Waals surface area contributed by atoms with E-state index in [1.165, 1.54) is 5.56 Å². The molecule has 21 heavy (non-hydrogen) atoms. The number of nitrogens with two attached hydrogens (primary N) is 1. The van der Waals surface area contributed by atoms with E-state index < -0.39 is 0 Å². The van der Waals surface area contributed by atoms with E-state index >= 15 is 0 Å². The van der Waals surface area contributed by atoms with Gasteiger partial charge in [-0.1, -0.05) is 49.3 Å². The number of hydrogen-bond acceptors (Lipinski definition) is 3. The van der Waals surface area contributed by atoms with Crippen LogP contribution in [0.5, 0.6) is 5.75 Å². The monoisotopic (exact) mass is 284 g/mol. The lowest BCUT2D eigenvalue weighted by molar-refractivity contribution is 0.306. The van der Waals surface area contributed by atoms with Gasteiger partial charge in [0.1, 0.15) is 12.4 Å². The van der Waals surface area contributed by atoms with Crippen molar-refractivity contribution in [3.63, 3.8) is 0 Å². The van der Waals surface area contributed by atoms with Gasteiger partial charge in [-0.05, 0) is 35.2 Å². The molecule has 0 amide bonds. The molecule has 0 atom stereocenters. The van der Waals surface area contributed by atoms with E-state index in [4.69, 9.17) is 15.7 Å². The predicted molar refractivity (Wildman–Crippen MR) is 83.8 cm³/mol. The van der Waals surface area contributed by atoms with Crippen LogP contribution in [0.4, 0.5) is 0 Å². The van der Waals surface area contributed by atoms with E-state index in [0.29, 0.717) is 18.1 Å². The van der Waals surface area contributed by atoms with Gasteiger partial charge in [0.25, 0.3) is 0 Å². The van der Waals surface area contributed by atoms with Crippen molar-refractivity contribution < 1.29 is 9.94 Å². The van der Waals surface area contributed by atoms with Crippen LogP contribution in [0.15, 0.2) is 53.7 Å². The van der Waals surface area contributed by atoms with Crippen LogP contribution in [-0.2, 0) is 6.61 Å². The Balaban J connectivity index is 2.03. The maximum Gasteiger partial charge on any atom is 0.170 e. The van der Waals surface area contributed by atoms with Crippen molar-refractivity contribution in [3.05, 3.63) is 65.2 Å². The lowest BCUT2D eigenvalue weighted by Crippen LogP contribution is -2.13. The summed E-state index contributed by atoms with van der Waals surface area (Å²) in [4.78, 5) is 0. The first-order valence-corrected chi connectivity index (χ1v) is 6.89. The molecule has 0 saturated heterocycles. The van der Waals surface area contributed by atoms with Crippen molar-refractivity contribution in [2.45, 2.75) is 26.4 Å². The lowest BCUT2D eigenvalue weighted by Gasteiger charge is -2.09. The third-order valence-electron chi connectivity index (χ3n) is 3.28. The van der Waals surface area contributed by atoms with E-state index in [0.717, 1.165) is 11.3 Å². The highest BCUT2D eigenvalue weighted by Gasteiger charge is 2.03. The SMILES string of the molecule is CC(C)c1ccc(OCc2cccc(/C(N)=N/O)c2)cc1. The third kappa shape index (κ3) is 3.99. The van der Waals surface area contributed by atoms with Gasteiger partial charge in [0.15, 0.2) is 5.84 Å². The van der Waals surface area contributed by atoms with Crippen LogP contribution >= 0.6 is 0 Å². The smallest absolute Gasteiger partial charge is 0.170 e. The zero-order valence-electron chi connectivity index (χ0n) is 12.3. The first-order chi connectivity index (χ1) is 10.1. The van der Waals surface area contributed by atoms with Crippen LogP contribution in [0.2, 0.25) is 0 Å². The molecule has 0 aliphatic rings. The molecule has 0 aliphatic heterocycles. The highest BCUT2D eigenvalue weighted by atomic mass is 16.5. The van der Waals surface area contributed by atoms with Crippen molar-refractivity contribution in [1.82, 2.24) is 0 Å². The molecule has 0 fully saturated rings. The molecule has 0 unspecified atom stereocenters. The molecule has 2 aromatic rings. The summed E-state index contributed by atoms with van der Waals surface area (Å²) < 4.78 is 5.75. The molecule has 4 heteroatoms. The molecule has 0 spiro atoms. The molecular weight excluding hydrogens is 264 g/mol. The average molecular weight is 284 g/mol. The van der Waals surface area contributed by atoms with E-state index in [2.05, 4.69) is 31.1 Å². The normalized spacial score (nSPS) is 11.7. The molecule has 0 radical (unpaired) electrons. The van der Waals surface area contributed by atoms with Crippen LogP contribution in [-0.4, -0.2) is 11.0 Å². The van der Waals surface area contributed by atoms with E-state index in [1.807, 2.05) is 30.3 Å². The van der Waals surface area contributed by atoms with E-state index in [1.54, 1.807) is 6.07 Å². The van der Waals surface area contributed by atoms with E-state index in [9.17, 15) is 0 Å². The molecule has 0 heterocycles. The highest BCUT2D eigenvalue weighted by Crippen LogP contribution is 2.19. The summed E-state index contributed by atoms with van der Waals surface area (Å²) in [6.07, 6.45) is 0. The Morgan fingerprint density at radius 1 is 1.19 bits per heavy atom. The summed E-state index contributed by atoms with van der Waals surface area (Å²) in [5, 5.41) is 11.7. The van der Waals surface area contributed by atoms with Gasteiger partial charge in [-0.3, -0.25) is 0 Å². The van der Waals surface area contributed by atoms with Gasteiger partial charge in [-0.25, -0.2) is 0 Å². The molecule has 2 aromatic carbocycles. The maximum absolute atomic E-state index is 8.69. The topological polar surface area (TPSA) is 67.8 Å². The lowest BCUT2D eigenvalue weighted by atomic mass is 10.0. The fourth-order valence-corrected chi connectivity index (χ4v) is 1.99. The predicted octanol–water partition coefficient (Wildman–Crippen LogP) is 3.48. The molecular formula is C17H20N2O2. The number of amidine groups is 1. The van der Waals surface area contributed by atoms with Gasteiger partial charge in [-0.2, -0.15) is 0 Å². The maximum atomic E-state index is 8.69. The molecule has 3 N–H and O–H groups in total. The van der Waals surface area contributed by atoms with Gasteiger partial charge in [0, 0.05) is 5.56 Å². The minimum atomic E-state index is 0.0955. The number of oxime groups is 1. The van der Waals surface area contributed by atoms with Crippen molar-refractivity contribution in [1.29, 1.82) is 0 Å². The number of ether oxygens (including phenoxy) is 1. The number of nitrogens with zero attached hydrogens (tertiary/aromatic N) is 1. The summed E-state index contributed by atoms with van der Waals surface area (Å²) in [7, 11) is 0. The fraction of sp³-hybridized carbons (Fsp3) is 0.235. The standard InChI is InChI=1S/C17H20N2O2/c1-12(2)14-6-8-16(9-7-14)21-11-13-4-3-5-15(10-13)17(18)19-20/h3-10,12,20H,11H2,1-2H3,(H2,18,19).